The SMILES string of the molecule is CCOC(=S)SCC(=O)N(c1cccc(Cl)n1)C(C)(C)C. The molecule has 0 aliphatic rings. The second-order valence-electron chi connectivity index (χ2n) is 5.19. The zero-order chi connectivity index (χ0) is 16.0. The lowest BCUT2D eigenvalue weighted by molar-refractivity contribution is -0.117. The van der Waals surface area contributed by atoms with Gasteiger partial charge >= 0.3 is 0 Å². The summed E-state index contributed by atoms with van der Waals surface area (Å²) < 4.78 is 5.54. The van der Waals surface area contributed by atoms with Crippen LogP contribution in [0.4, 0.5) is 5.82 Å². The standard InChI is InChI=1S/C14H19ClN2O2S2/c1-5-19-13(20)21-9-12(18)17(14(2,3)4)11-8-6-7-10(15)16-11/h6-8H,5,9H2,1-4H3. The van der Waals surface area contributed by atoms with Gasteiger partial charge in [-0.2, -0.15) is 0 Å². The second kappa shape index (κ2) is 7.96. The summed E-state index contributed by atoms with van der Waals surface area (Å²) in [6.45, 7) is 8.18. The minimum absolute atomic E-state index is 0.0932. The van der Waals surface area contributed by atoms with E-state index in [1.165, 1.54) is 11.8 Å². The Balaban J connectivity index is 2.89. The van der Waals surface area contributed by atoms with Gasteiger partial charge in [-0.1, -0.05) is 29.4 Å². The maximum absolute atomic E-state index is 12.5. The maximum atomic E-state index is 12.5. The van der Waals surface area contributed by atoms with Crippen molar-refractivity contribution in [3.05, 3.63) is 23.4 Å². The van der Waals surface area contributed by atoms with Gasteiger partial charge in [0.2, 0.25) is 10.3 Å². The number of hydrogen-bond acceptors (Lipinski definition) is 5. The predicted octanol–water partition coefficient (Wildman–Crippen LogP) is 3.92. The number of anilines is 1. The third kappa shape index (κ3) is 5.80. The molecule has 7 heteroatoms. The van der Waals surface area contributed by atoms with Crippen molar-refractivity contribution >= 4 is 51.7 Å². The highest BCUT2D eigenvalue weighted by Crippen LogP contribution is 2.24. The van der Waals surface area contributed by atoms with Crippen LogP contribution in [0.3, 0.4) is 0 Å². The Morgan fingerprint density at radius 2 is 2.14 bits per heavy atom. The number of pyridine rings is 1. The van der Waals surface area contributed by atoms with Gasteiger partial charge < -0.3 is 4.74 Å². The third-order valence-electron chi connectivity index (χ3n) is 2.43. The molecule has 0 spiro atoms. The number of carbonyl (C=O) groups excluding carboxylic acids is 1. The zero-order valence-corrected chi connectivity index (χ0v) is 14.9. The highest BCUT2D eigenvalue weighted by molar-refractivity contribution is 8.23. The molecular formula is C14H19ClN2O2S2. The van der Waals surface area contributed by atoms with Gasteiger partial charge in [-0.15, -0.1) is 0 Å². The molecule has 1 aromatic heterocycles. The van der Waals surface area contributed by atoms with E-state index < -0.39 is 5.54 Å². The first kappa shape index (κ1) is 18.2. The Morgan fingerprint density at radius 3 is 2.67 bits per heavy atom. The van der Waals surface area contributed by atoms with Crippen molar-refractivity contribution in [1.29, 1.82) is 0 Å². The van der Waals surface area contributed by atoms with Crippen molar-refractivity contribution in [3.63, 3.8) is 0 Å². The van der Waals surface area contributed by atoms with E-state index in [0.717, 1.165) is 0 Å². The van der Waals surface area contributed by atoms with E-state index in [4.69, 9.17) is 28.6 Å². The number of thiocarbonyl (C=S) groups is 1. The highest BCUT2D eigenvalue weighted by Gasteiger charge is 2.29. The molecule has 0 bridgehead atoms. The molecule has 0 aliphatic heterocycles. The Kier molecular flexibility index (Phi) is 6.90. The van der Waals surface area contributed by atoms with Crippen LogP contribution in [0, 0.1) is 0 Å². The number of halogens is 1. The lowest BCUT2D eigenvalue weighted by Crippen LogP contribution is -2.47. The van der Waals surface area contributed by atoms with Crippen molar-refractivity contribution in [2.75, 3.05) is 17.3 Å². The van der Waals surface area contributed by atoms with E-state index in [2.05, 4.69) is 4.98 Å². The van der Waals surface area contributed by atoms with Gasteiger partial charge in [-0.25, -0.2) is 4.98 Å². The lowest BCUT2D eigenvalue weighted by atomic mass is 10.1. The maximum Gasteiger partial charge on any atom is 0.239 e. The molecule has 0 fully saturated rings. The summed E-state index contributed by atoms with van der Waals surface area (Å²) >= 11 is 12.1. The van der Waals surface area contributed by atoms with Crippen LogP contribution in [-0.2, 0) is 9.53 Å². The molecule has 1 aromatic rings. The van der Waals surface area contributed by atoms with Gasteiger partial charge in [0.05, 0.1) is 12.4 Å². The van der Waals surface area contributed by atoms with Gasteiger partial charge in [0.1, 0.15) is 11.0 Å². The number of amides is 1. The summed E-state index contributed by atoms with van der Waals surface area (Å²) in [4.78, 5) is 18.4. The molecule has 0 saturated heterocycles. The Morgan fingerprint density at radius 1 is 1.48 bits per heavy atom. The zero-order valence-electron chi connectivity index (χ0n) is 12.6. The van der Waals surface area contributed by atoms with Crippen molar-refractivity contribution in [3.8, 4) is 0 Å². The molecule has 0 N–H and O–H groups in total. The second-order valence-corrected chi connectivity index (χ2v) is 7.15. The van der Waals surface area contributed by atoms with Crippen LogP contribution in [-0.4, -0.2) is 33.2 Å². The highest BCUT2D eigenvalue weighted by atomic mass is 35.5. The molecule has 0 saturated carbocycles. The molecular weight excluding hydrogens is 328 g/mol. The number of thioether (sulfide) groups is 1. The largest absolute Gasteiger partial charge is 0.479 e. The summed E-state index contributed by atoms with van der Waals surface area (Å²) in [5.74, 6) is 0.636. The van der Waals surface area contributed by atoms with Crippen molar-refractivity contribution in [2.24, 2.45) is 0 Å². The third-order valence-corrected chi connectivity index (χ3v) is 3.85. The van der Waals surface area contributed by atoms with Gasteiger partial charge in [0.15, 0.2) is 0 Å². The van der Waals surface area contributed by atoms with Crippen LogP contribution in [0.15, 0.2) is 18.2 Å². The monoisotopic (exact) mass is 346 g/mol. The van der Waals surface area contributed by atoms with E-state index in [1.807, 2.05) is 27.7 Å². The number of carbonyl (C=O) groups is 1. The summed E-state index contributed by atoms with van der Waals surface area (Å²) in [6, 6.07) is 5.21. The molecule has 4 nitrogen and oxygen atoms in total. The molecule has 116 valence electrons. The van der Waals surface area contributed by atoms with Gasteiger partial charge in [0.25, 0.3) is 0 Å². The number of ether oxygens (including phenoxy) is 1. The number of rotatable bonds is 4. The first-order valence-corrected chi connectivity index (χ1v) is 8.28. The predicted molar refractivity (Wildman–Crippen MR) is 93.2 cm³/mol. The average molecular weight is 347 g/mol. The van der Waals surface area contributed by atoms with Crippen molar-refractivity contribution in [1.82, 2.24) is 4.98 Å². The topological polar surface area (TPSA) is 42.4 Å². The molecule has 0 radical (unpaired) electrons. The number of aromatic nitrogens is 1. The van der Waals surface area contributed by atoms with E-state index in [-0.39, 0.29) is 11.7 Å². The summed E-state index contributed by atoms with van der Waals surface area (Å²) in [7, 11) is 0. The summed E-state index contributed by atoms with van der Waals surface area (Å²) in [5, 5.41) is 0.354. The molecule has 0 aromatic carbocycles. The normalized spacial score (nSPS) is 11.1. The van der Waals surface area contributed by atoms with E-state index in [9.17, 15) is 4.79 Å². The Bertz CT molecular complexity index is 518. The molecule has 0 atom stereocenters. The molecule has 1 amide bonds. The smallest absolute Gasteiger partial charge is 0.239 e. The summed E-state index contributed by atoms with van der Waals surface area (Å²) in [5.41, 5.74) is -0.414. The van der Waals surface area contributed by atoms with Gasteiger partial charge in [-0.3, -0.25) is 9.69 Å². The molecule has 0 unspecified atom stereocenters. The minimum Gasteiger partial charge on any atom is -0.479 e. The molecule has 1 heterocycles. The minimum atomic E-state index is -0.414. The fourth-order valence-corrected chi connectivity index (χ4v) is 2.74. The number of hydrogen-bond donors (Lipinski definition) is 0. The fourth-order valence-electron chi connectivity index (χ4n) is 1.71. The van der Waals surface area contributed by atoms with Crippen molar-refractivity contribution in [2.45, 2.75) is 33.2 Å². The molecule has 0 aliphatic carbocycles. The van der Waals surface area contributed by atoms with Crippen LogP contribution in [0.25, 0.3) is 0 Å². The fraction of sp³-hybridized carbons (Fsp3) is 0.500. The van der Waals surface area contributed by atoms with Crippen LogP contribution in [0.5, 0.6) is 0 Å². The quantitative estimate of drug-likeness (QED) is 0.610. The van der Waals surface area contributed by atoms with Crippen LogP contribution >= 0.6 is 35.6 Å². The van der Waals surface area contributed by atoms with E-state index in [0.29, 0.717) is 22.0 Å². The summed E-state index contributed by atoms with van der Waals surface area (Å²) in [6.07, 6.45) is 0. The molecule has 21 heavy (non-hydrogen) atoms. The van der Waals surface area contributed by atoms with Gasteiger partial charge in [0, 0.05) is 5.54 Å². The van der Waals surface area contributed by atoms with E-state index >= 15 is 0 Å². The Labute approximate surface area is 140 Å². The van der Waals surface area contributed by atoms with Crippen LogP contribution < -0.4 is 4.90 Å². The first-order valence-electron chi connectivity index (χ1n) is 6.51. The van der Waals surface area contributed by atoms with Crippen molar-refractivity contribution < 1.29 is 9.53 Å². The average Bonchev–Trinajstić information content (AvgIpc) is 2.35. The van der Waals surface area contributed by atoms with E-state index in [1.54, 1.807) is 23.1 Å². The van der Waals surface area contributed by atoms with Gasteiger partial charge in [-0.05, 0) is 52.0 Å². The van der Waals surface area contributed by atoms with Crippen LogP contribution in [0.1, 0.15) is 27.7 Å². The Hall–Kier alpha value is -0.850. The number of nitrogens with zero attached hydrogens (tertiary/aromatic N) is 2. The van der Waals surface area contributed by atoms with Crippen LogP contribution in [0.2, 0.25) is 5.15 Å². The first-order chi connectivity index (χ1) is 9.75. The molecule has 1 rings (SSSR count). The lowest BCUT2D eigenvalue weighted by Gasteiger charge is -2.34.